The highest BCUT2D eigenvalue weighted by Crippen LogP contribution is 2.11. The minimum atomic E-state index is -0.742. The van der Waals surface area contributed by atoms with E-state index in [1.807, 2.05) is 0 Å². The lowest BCUT2D eigenvalue weighted by Crippen LogP contribution is -2.06. The van der Waals surface area contributed by atoms with Crippen LogP contribution in [0.2, 0.25) is 0 Å². The number of hydrogen-bond acceptors (Lipinski definition) is 3. The number of nitriles is 1. The number of carbonyl (C=O) groups is 1. The first-order valence-corrected chi connectivity index (χ1v) is 4.72. The summed E-state index contributed by atoms with van der Waals surface area (Å²) in [6.07, 6.45) is 1.17. The molecule has 82 valence electrons. The van der Waals surface area contributed by atoms with Gasteiger partial charge >= 0.3 is 5.97 Å². The van der Waals surface area contributed by atoms with Crippen molar-refractivity contribution in [2.45, 2.75) is 6.92 Å². The van der Waals surface area contributed by atoms with Crippen LogP contribution in [0.15, 0.2) is 29.8 Å². The van der Waals surface area contributed by atoms with Crippen LogP contribution in [0.25, 0.3) is 6.08 Å². The molecule has 0 aliphatic carbocycles. The zero-order valence-corrected chi connectivity index (χ0v) is 8.74. The van der Waals surface area contributed by atoms with Crippen molar-refractivity contribution in [3.05, 3.63) is 41.2 Å². The van der Waals surface area contributed by atoms with E-state index >= 15 is 0 Å². The number of carbonyl (C=O) groups excluding carboxylic acids is 1. The lowest BCUT2D eigenvalue weighted by atomic mass is 10.1. The first-order valence-electron chi connectivity index (χ1n) is 4.72. The standard InChI is InChI=1S/C12H10FNO2/c1-2-16-12(15)10(8-14)7-9-5-3-4-6-11(9)13/h3-7H,2H2,1H3. The van der Waals surface area contributed by atoms with Gasteiger partial charge in [-0.1, -0.05) is 18.2 Å². The fourth-order valence-electron chi connectivity index (χ4n) is 1.09. The van der Waals surface area contributed by atoms with E-state index in [4.69, 9.17) is 5.26 Å². The van der Waals surface area contributed by atoms with Crippen molar-refractivity contribution < 1.29 is 13.9 Å². The Labute approximate surface area is 92.8 Å². The lowest BCUT2D eigenvalue weighted by Gasteiger charge is -2.00. The van der Waals surface area contributed by atoms with Crippen LogP contribution >= 0.6 is 0 Å². The Bertz CT molecular complexity index is 460. The molecule has 0 aromatic heterocycles. The summed E-state index contributed by atoms with van der Waals surface area (Å²) in [4.78, 5) is 11.3. The van der Waals surface area contributed by atoms with E-state index in [0.717, 1.165) is 0 Å². The predicted octanol–water partition coefficient (Wildman–Crippen LogP) is 2.30. The van der Waals surface area contributed by atoms with Gasteiger partial charge in [-0.2, -0.15) is 5.26 Å². The molecule has 4 heteroatoms. The van der Waals surface area contributed by atoms with E-state index in [0.29, 0.717) is 0 Å². The smallest absolute Gasteiger partial charge is 0.348 e. The second-order valence-corrected chi connectivity index (χ2v) is 2.91. The van der Waals surface area contributed by atoms with Crippen LogP contribution in [0.5, 0.6) is 0 Å². The lowest BCUT2D eigenvalue weighted by molar-refractivity contribution is -0.137. The van der Waals surface area contributed by atoms with Crippen LogP contribution in [-0.2, 0) is 9.53 Å². The number of nitrogens with zero attached hydrogens (tertiary/aromatic N) is 1. The topological polar surface area (TPSA) is 50.1 Å². The molecule has 0 amide bonds. The Morgan fingerprint density at radius 2 is 2.25 bits per heavy atom. The number of rotatable bonds is 3. The van der Waals surface area contributed by atoms with E-state index in [1.54, 1.807) is 19.1 Å². The molecule has 0 radical (unpaired) electrons. The van der Waals surface area contributed by atoms with Gasteiger partial charge in [0.1, 0.15) is 17.5 Å². The first-order chi connectivity index (χ1) is 7.69. The van der Waals surface area contributed by atoms with E-state index in [2.05, 4.69) is 4.74 Å². The van der Waals surface area contributed by atoms with Crippen LogP contribution in [-0.4, -0.2) is 12.6 Å². The van der Waals surface area contributed by atoms with Gasteiger partial charge in [-0.25, -0.2) is 9.18 Å². The minimum Gasteiger partial charge on any atom is -0.462 e. The van der Waals surface area contributed by atoms with Crippen molar-refractivity contribution in [3.63, 3.8) is 0 Å². The second kappa shape index (κ2) is 5.66. The number of benzene rings is 1. The molecular formula is C12H10FNO2. The normalized spacial score (nSPS) is 10.7. The van der Waals surface area contributed by atoms with Gasteiger partial charge in [0, 0.05) is 5.56 Å². The van der Waals surface area contributed by atoms with Gasteiger partial charge in [0.05, 0.1) is 6.61 Å². The summed E-state index contributed by atoms with van der Waals surface area (Å²) in [5.41, 5.74) is -0.0287. The minimum absolute atomic E-state index is 0.176. The summed E-state index contributed by atoms with van der Waals surface area (Å²) < 4.78 is 17.9. The third-order valence-corrected chi connectivity index (χ3v) is 1.82. The molecule has 0 N–H and O–H groups in total. The number of halogens is 1. The second-order valence-electron chi connectivity index (χ2n) is 2.91. The number of ether oxygens (including phenoxy) is 1. The van der Waals surface area contributed by atoms with Crippen LogP contribution < -0.4 is 0 Å². The molecule has 0 fully saturated rings. The Morgan fingerprint density at radius 1 is 1.56 bits per heavy atom. The summed E-state index contributed by atoms with van der Waals surface area (Å²) >= 11 is 0. The molecule has 0 spiro atoms. The molecule has 0 aliphatic rings. The highest BCUT2D eigenvalue weighted by Gasteiger charge is 2.10. The molecule has 1 aromatic carbocycles. The van der Waals surface area contributed by atoms with Gasteiger partial charge in [0.15, 0.2) is 0 Å². The summed E-state index contributed by atoms with van der Waals surface area (Å²) in [5.74, 6) is -1.23. The van der Waals surface area contributed by atoms with Crippen molar-refractivity contribution >= 4 is 12.0 Å². The number of esters is 1. The summed E-state index contributed by atoms with van der Waals surface area (Å²) in [6, 6.07) is 7.57. The first kappa shape index (κ1) is 11.9. The summed E-state index contributed by atoms with van der Waals surface area (Å²) in [6.45, 7) is 1.81. The third kappa shape index (κ3) is 2.92. The Morgan fingerprint density at radius 3 is 2.81 bits per heavy atom. The van der Waals surface area contributed by atoms with Gasteiger partial charge in [-0.3, -0.25) is 0 Å². The molecular weight excluding hydrogens is 209 g/mol. The molecule has 0 aliphatic heterocycles. The van der Waals surface area contributed by atoms with Gasteiger partial charge < -0.3 is 4.74 Å². The third-order valence-electron chi connectivity index (χ3n) is 1.82. The van der Waals surface area contributed by atoms with Crippen molar-refractivity contribution in [1.29, 1.82) is 5.26 Å². The largest absolute Gasteiger partial charge is 0.462 e. The molecule has 0 saturated heterocycles. The Balaban J connectivity index is 3.02. The Hall–Kier alpha value is -2.15. The maximum Gasteiger partial charge on any atom is 0.348 e. The monoisotopic (exact) mass is 219 g/mol. The average Bonchev–Trinajstić information content (AvgIpc) is 2.28. The molecule has 0 bridgehead atoms. The molecule has 0 saturated carbocycles. The number of hydrogen-bond donors (Lipinski definition) is 0. The van der Waals surface area contributed by atoms with Gasteiger partial charge in [-0.05, 0) is 19.1 Å². The maximum atomic E-state index is 13.2. The van der Waals surface area contributed by atoms with Crippen LogP contribution in [0.3, 0.4) is 0 Å². The van der Waals surface area contributed by atoms with Gasteiger partial charge in [-0.15, -0.1) is 0 Å². The van der Waals surface area contributed by atoms with E-state index in [1.165, 1.54) is 24.3 Å². The van der Waals surface area contributed by atoms with Crippen molar-refractivity contribution in [2.24, 2.45) is 0 Å². The van der Waals surface area contributed by atoms with E-state index in [-0.39, 0.29) is 17.7 Å². The molecule has 3 nitrogen and oxygen atoms in total. The van der Waals surface area contributed by atoms with Crippen molar-refractivity contribution in [1.82, 2.24) is 0 Å². The predicted molar refractivity (Wildman–Crippen MR) is 56.6 cm³/mol. The zero-order valence-electron chi connectivity index (χ0n) is 8.74. The zero-order chi connectivity index (χ0) is 12.0. The fourth-order valence-corrected chi connectivity index (χ4v) is 1.09. The summed E-state index contributed by atoms with van der Waals surface area (Å²) in [5, 5.41) is 8.73. The quantitative estimate of drug-likeness (QED) is 0.445. The molecule has 1 rings (SSSR count). The highest BCUT2D eigenvalue weighted by molar-refractivity contribution is 5.97. The van der Waals surface area contributed by atoms with Crippen LogP contribution in [0, 0.1) is 17.1 Å². The molecule has 0 heterocycles. The fraction of sp³-hybridized carbons (Fsp3) is 0.167. The summed E-state index contributed by atoms with van der Waals surface area (Å²) in [7, 11) is 0. The Kier molecular flexibility index (Phi) is 4.22. The molecule has 0 atom stereocenters. The molecule has 0 unspecified atom stereocenters. The van der Waals surface area contributed by atoms with Crippen LogP contribution in [0.1, 0.15) is 12.5 Å². The van der Waals surface area contributed by atoms with E-state index in [9.17, 15) is 9.18 Å². The SMILES string of the molecule is CCOC(=O)C(C#N)=Cc1ccccc1F. The van der Waals surface area contributed by atoms with E-state index < -0.39 is 11.8 Å². The van der Waals surface area contributed by atoms with Crippen molar-refractivity contribution in [3.8, 4) is 6.07 Å². The maximum absolute atomic E-state index is 13.2. The molecule has 16 heavy (non-hydrogen) atoms. The van der Waals surface area contributed by atoms with Crippen molar-refractivity contribution in [2.75, 3.05) is 6.61 Å². The highest BCUT2D eigenvalue weighted by atomic mass is 19.1. The molecule has 1 aromatic rings. The van der Waals surface area contributed by atoms with Gasteiger partial charge in [0.25, 0.3) is 0 Å². The van der Waals surface area contributed by atoms with Crippen LogP contribution in [0.4, 0.5) is 4.39 Å². The van der Waals surface area contributed by atoms with Gasteiger partial charge in [0.2, 0.25) is 0 Å². The average molecular weight is 219 g/mol.